The maximum atomic E-state index is 13.4. The van der Waals surface area contributed by atoms with E-state index in [1.807, 2.05) is 57.4 Å². The number of fused-ring (bicyclic) bond motifs is 1. The Morgan fingerprint density at radius 1 is 0.863 bits per heavy atom. The standard InChI is InChI=1S/C58H70N12O10/c1-38-36-68(56-64-33-42(34-65-56)45-18-17-44-51(73)58(5,6)70(52(44)66-45)37-41-13-11-22-60-47(41)31-59)24-25-69(38)50(72)35-62-48(71)15-8-7-9-26-78-28-29-79-27-23-61-53(74)39-12-10-14-43(30-39)80-49-19-16-40(32-63-49)54(75)67-46(55(76)77)20-21-57(2,3)4/h10-14,16-19,22,30,32-34,38,46H,7-9,15,20-21,23-29,35-37H2,1-6H3,(H,61,74)(H,62,71)(H,67,75)(H,76,77)/t38-,46+/m1/s1. The highest BCUT2D eigenvalue weighted by atomic mass is 16.5. The molecule has 2 atom stereocenters. The first kappa shape index (κ1) is 59.2. The number of Topliss-reactive ketones (excluding diaryl/α,β-unsaturated/α-hetero) is 1. The van der Waals surface area contributed by atoms with Gasteiger partial charge in [-0.2, -0.15) is 5.26 Å². The molecule has 7 rings (SSSR count). The average Bonchev–Trinajstić information content (AvgIpc) is 3.67. The zero-order valence-corrected chi connectivity index (χ0v) is 46.2. The fraction of sp³-hybridized carbons (Fsp3) is 0.448. The Labute approximate surface area is 465 Å². The second-order valence-electron chi connectivity index (χ2n) is 21.4. The Balaban J connectivity index is 0.718. The van der Waals surface area contributed by atoms with Crippen LogP contribution in [0.15, 0.2) is 85.5 Å². The zero-order chi connectivity index (χ0) is 57.4. The first-order valence-corrected chi connectivity index (χ1v) is 26.8. The van der Waals surface area contributed by atoms with Crippen LogP contribution in [-0.4, -0.2) is 147 Å². The number of hydrogen-bond acceptors (Lipinski definition) is 17. The lowest BCUT2D eigenvalue weighted by Crippen LogP contribution is -2.56. The van der Waals surface area contributed by atoms with Crippen LogP contribution in [0.2, 0.25) is 0 Å². The van der Waals surface area contributed by atoms with Crippen LogP contribution in [0.25, 0.3) is 11.3 Å². The number of nitrogens with zero attached hydrogens (tertiary/aromatic N) is 9. The summed E-state index contributed by atoms with van der Waals surface area (Å²) in [6.07, 6.45) is 9.65. The van der Waals surface area contributed by atoms with Crippen LogP contribution in [0.3, 0.4) is 0 Å². The predicted octanol–water partition coefficient (Wildman–Crippen LogP) is 6.16. The fourth-order valence-electron chi connectivity index (χ4n) is 9.11. The van der Waals surface area contributed by atoms with Crippen molar-refractivity contribution >= 4 is 47.1 Å². The van der Waals surface area contributed by atoms with Crippen LogP contribution < -0.4 is 30.5 Å². The number of aromatic nitrogens is 5. The fourth-order valence-corrected chi connectivity index (χ4v) is 9.11. The van der Waals surface area contributed by atoms with Crippen molar-refractivity contribution < 1.29 is 48.1 Å². The van der Waals surface area contributed by atoms with E-state index in [-0.39, 0.29) is 72.6 Å². The van der Waals surface area contributed by atoms with Gasteiger partial charge in [-0.1, -0.05) is 39.3 Å². The molecule has 4 amide bonds. The Morgan fingerprint density at radius 3 is 2.35 bits per heavy atom. The minimum atomic E-state index is -1.10. The van der Waals surface area contributed by atoms with Gasteiger partial charge >= 0.3 is 5.97 Å². The second kappa shape index (κ2) is 27.4. The van der Waals surface area contributed by atoms with Gasteiger partial charge in [0.05, 0.1) is 48.7 Å². The molecule has 5 aromatic rings. The molecule has 0 unspecified atom stereocenters. The van der Waals surface area contributed by atoms with Gasteiger partial charge in [-0.05, 0) is 94.3 Å². The maximum absolute atomic E-state index is 13.4. The quantitative estimate of drug-likeness (QED) is 0.0451. The van der Waals surface area contributed by atoms with Crippen molar-refractivity contribution in [2.24, 2.45) is 5.41 Å². The largest absolute Gasteiger partial charge is 0.480 e. The lowest BCUT2D eigenvalue weighted by molar-refractivity contribution is -0.139. The van der Waals surface area contributed by atoms with E-state index < -0.39 is 23.5 Å². The van der Waals surface area contributed by atoms with Gasteiger partial charge in [-0.25, -0.2) is 29.7 Å². The molecule has 422 valence electrons. The van der Waals surface area contributed by atoms with E-state index in [9.17, 15) is 39.1 Å². The summed E-state index contributed by atoms with van der Waals surface area (Å²) >= 11 is 0. The molecule has 6 heterocycles. The number of anilines is 2. The molecule has 0 bridgehead atoms. The van der Waals surface area contributed by atoms with Crippen LogP contribution in [0.1, 0.15) is 122 Å². The molecular weight excluding hydrogens is 1020 g/mol. The van der Waals surface area contributed by atoms with Crippen LogP contribution in [0.5, 0.6) is 11.6 Å². The van der Waals surface area contributed by atoms with Crippen LogP contribution in [0.4, 0.5) is 11.8 Å². The number of benzene rings is 1. The minimum absolute atomic E-state index is 0.0598. The molecule has 4 N–H and O–H groups in total. The number of nitrogens with one attached hydrogen (secondary N) is 3. The van der Waals surface area contributed by atoms with Gasteiger partial charge in [0, 0.05) is 99.3 Å². The molecule has 1 aromatic carbocycles. The van der Waals surface area contributed by atoms with Crippen LogP contribution in [0, 0.1) is 16.7 Å². The molecular formula is C58H70N12O10. The lowest BCUT2D eigenvalue weighted by atomic mass is 9.88. The molecule has 80 heavy (non-hydrogen) atoms. The van der Waals surface area contributed by atoms with E-state index in [0.717, 1.165) is 12.8 Å². The number of ether oxygens (including phenoxy) is 3. The number of aliphatic carboxylic acids is 1. The molecule has 1 fully saturated rings. The Kier molecular flexibility index (Phi) is 20.3. The van der Waals surface area contributed by atoms with E-state index in [1.54, 1.807) is 66.0 Å². The highest BCUT2D eigenvalue weighted by Gasteiger charge is 2.45. The number of amides is 4. The number of nitriles is 1. The van der Waals surface area contributed by atoms with E-state index in [0.29, 0.717) is 116 Å². The second-order valence-corrected chi connectivity index (χ2v) is 21.4. The monoisotopic (exact) mass is 1090 g/mol. The Morgan fingerprint density at radius 2 is 1.64 bits per heavy atom. The molecule has 0 radical (unpaired) electrons. The smallest absolute Gasteiger partial charge is 0.326 e. The summed E-state index contributed by atoms with van der Waals surface area (Å²) in [5, 5.41) is 27.3. The van der Waals surface area contributed by atoms with Crippen molar-refractivity contribution in [3.05, 3.63) is 113 Å². The van der Waals surface area contributed by atoms with Crippen molar-refractivity contribution in [3.63, 3.8) is 0 Å². The number of carbonyl (C=O) groups excluding carboxylic acids is 5. The number of hydrogen-bond donors (Lipinski definition) is 4. The number of ketones is 1. The Hall–Kier alpha value is -8.42. The maximum Gasteiger partial charge on any atom is 0.326 e. The Bertz CT molecular complexity index is 3030. The van der Waals surface area contributed by atoms with Gasteiger partial charge in [0.25, 0.3) is 11.8 Å². The summed E-state index contributed by atoms with van der Waals surface area (Å²) in [6, 6.07) is 17.6. The molecule has 22 heteroatoms. The minimum Gasteiger partial charge on any atom is -0.480 e. The first-order chi connectivity index (χ1) is 38.3. The first-order valence-electron chi connectivity index (χ1n) is 26.8. The number of piperazine rings is 1. The third-order valence-electron chi connectivity index (χ3n) is 13.7. The van der Waals surface area contributed by atoms with Crippen LogP contribution >= 0.6 is 0 Å². The van der Waals surface area contributed by atoms with Crippen molar-refractivity contribution in [1.29, 1.82) is 5.26 Å². The third kappa shape index (κ3) is 16.1. The number of rotatable bonds is 26. The molecule has 22 nitrogen and oxygen atoms in total. The number of carbonyl (C=O) groups is 6. The topological polar surface area (TPSA) is 284 Å². The molecule has 0 spiro atoms. The van der Waals surface area contributed by atoms with Gasteiger partial charge in [-0.3, -0.25) is 24.0 Å². The number of unbranched alkanes of at least 4 members (excludes halogenated alkanes) is 2. The summed E-state index contributed by atoms with van der Waals surface area (Å²) in [7, 11) is 0. The van der Waals surface area contributed by atoms with Crippen molar-refractivity contribution in [3.8, 4) is 29.0 Å². The number of carboxylic acid groups (broad SMARTS) is 1. The number of pyridine rings is 3. The van der Waals surface area contributed by atoms with E-state index >= 15 is 0 Å². The summed E-state index contributed by atoms with van der Waals surface area (Å²) in [5.41, 5.74) is 2.34. The lowest BCUT2D eigenvalue weighted by Gasteiger charge is -2.39. The molecule has 0 aliphatic carbocycles. The summed E-state index contributed by atoms with van der Waals surface area (Å²) < 4.78 is 17.1. The zero-order valence-electron chi connectivity index (χ0n) is 46.2. The van der Waals surface area contributed by atoms with E-state index in [2.05, 4.69) is 42.0 Å². The molecule has 0 saturated carbocycles. The number of carboxylic acids is 1. The van der Waals surface area contributed by atoms with E-state index in [1.165, 1.54) is 18.3 Å². The summed E-state index contributed by atoms with van der Waals surface area (Å²) in [5.74, 6) is -0.810. The van der Waals surface area contributed by atoms with Gasteiger partial charge < -0.3 is 50.0 Å². The van der Waals surface area contributed by atoms with Crippen molar-refractivity contribution in [1.82, 2.24) is 45.8 Å². The van der Waals surface area contributed by atoms with Gasteiger partial charge in [0.15, 0.2) is 5.78 Å². The van der Waals surface area contributed by atoms with Gasteiger partial charge in [0.2, 0.25) is 23.6 Å². The highest BCUT2D eigenvalue weighted by molar-refractivity contribution is 6.13. The predicted molar refractivity (Wildman–Crippen MR) is 296 cm³/mol. The average molecular weight is 1100 g/mol. The van der Waals surface area contributed by atoms with Crippen molar-refractivity contribution in [2.45, 2.75) is 104 Å². The summed E-state index contributed by atoms with van der Waals surface area (Å²) in [6.45, 7) is 15.1. The molecule has 2 aliphatic rings. The SMILES string of the molecule is C[C@@H]1CN(c2ncc(-c3ccc4c(n3)N(Cc3cccnc3C#N)C(C)(C)C4=O)cn2)CCN1C(=O)CNC(=O)CCCCCOCCOCCNC(=O)c1cccc(Oc2ccc(C(=O)N[C@@H](CCC(C)(C)C)C(=O)O)cn2)c1. The normalized spacial score (nSPS) is 15.1. The van der Waals surface area contributed by atoms with Crippen LogP contribution in [-0.2, 0) is 30.4 Å². The summed E-state index contributed by atoms with van der Waals surface area (Å²) in [4.78, 5) is 105. The van der Waals surface area contributed by atoms with Crippen molar-refractivity contribution in [2.75, 3.05) is 69.0 Å². The van der Waals surface area contributed by atoms with Gasteiger partial charge in [-0.15, -0.1) is 0 Å². The van der Waals surface area contributed by atoms with Gasteiger partial charge in [0.1, 0.15) is 29.4 Å². The molecule has 2 aliphatic heterocycles. The third-order valence-corrected chi connectivity index (χ3v) is 13.7. The van der Waals surface area contributed by atoms with E-state index in [4.69, 9.17) is 19.2 Å². The molecule has 4 aromatic heterocycles. The highest BCUT2D eigenvalue weighted by Crippen LogP contribution is 2.40. The molecule has 1 saturated heterocycles.